The summed E-state index contributed by atoms with van der Waals surface area (Å²) >= 11 is 1.62. The molecular weight excluding hydrogens is 286 g/mol. The number of nitrogens with one attached hydrogen (secondary N) is 1. The van der Waals surface area contributed by atoms with E-state index in [2.05, 4.69) is 10.2 Å². The molecule has 1 aromatic carbocycles. The number of anilines is 2. The van der Waals surface area contributed by atoms with Crippen molar-refractivity contribution in [3.05, 3.63) is 24.3 Å². The van der Waals surface area contributed by atoms with Crippen LogP contribution in [0.25, 0.3) is 0 Å². The maximum atomic E-state index is 12.6. The molecule has 2 amide bonds. The Morgan fingerprint density at radius 3 is 2.86 bits per heavy atom. The van der Waals surface area contributed by atoms with Crippen molar-refractivity contribution < 1.29 is 9.59 Å². The number of carbonyl (C=O) groups excluding carboxylic acids is 2. The normalized spacial score (nSPS) is 15.6. The lowest BCUT2D eigenvalue weighted by molar-refractivity contribution is -0.121. The Hall–Kier alpha value is -1.53. The van der Waals surface area contributed by atoms with Gasteiger partial charge in [0.25, 0.3) is 0 Å². The second-order valence-corrected chi connectivity index (χ2v) is 6.75. The van der Waals surface area contributed by atoms with Gasteiger partial charge in [0.15, 0.2) is 0 Å². The molecule has 1 aromatic rings. The highest BCUT2D eigenvalue weighted by molar-refractivity contribution is 8.00. The summed E-state index contributed by atoms with van der Waals surface area (Å²) in [4.78, 5) is 28.0. The standard InChI is InChI=1S/C15H21N3O2S/c1-11(21-9-8-17(2)3)15(20)18-10-14(19)16-12-6-4-5-7-13(12)18/h4-7,11H,8-10H2,1-3H3,(H,16,19)/t11-/m1/s1. The van der Waals surface area contributed by atoms with Gasteiger partial charge in [-0.25, -0.2) is 0 Å². The number of carbonyl (C=O) groups is 2. The molecule has 1 atom stereocenters. The van der Waals surface area contributed by atoms with E-state index in [1.807, 2.05) is 45.3 Å². The molecule has 0 aliphatic carbocycles. The first-order valence-electron chi connectivity index (χ1n) is 6.95. The number of amides is 2. The number of hydrogen-bond acceptors (Lipinski definition) is 4. The molecule has 0 saturated carbocycles. The van der Waals surface area contributed by atoms with Gasteiger partial charge in [-0.1, -0.05) is 12.1 Å². The van der Waals surface area contributed by atoms with Crippen molar-refractivity contribution in [2.24, 2.45) is 0 Å². The van der Waals surface area contributed by atoms with Crippen LogP contribution in [0.5, 0.6) is 0 Å². The van der Waals surface area contributed by atoms with Crippen LogP contribution >= 0.6 is 11.8 Å². The van der Waals surface area contributed by atoms with E-state index in [1.54, 1.807) is 16.7 Å². The molecule has 21 heavy (non-hydrogen) atoms. The van der Waals surface area contributed by atoms with Gasteiger partial charge in [0.2, 0.25) is 11.8 Å². The van der Waals surface area contributed by atoms with E-state index in [-0.39, 0.29) is 23.6 Å². The molecule has 0 bridgehead atoms. The van der Waals surface area contributed by atoms with Gasteiger partial charge in [-0.05, 0) is 33.2 Å². The van der Waals surface area contributed by atoms with Gasteiger partial charge in [-0.2, -0.15) is 0 Å². The highest BCUT2D eigenvalue weighted by atomic mass is 32.2. The Balaban J connectivity index is 2.07. The van der Waals surface area contributed by atoms with Crippen molar-refractivity contribution in [3.63, 3.8) is 0 Å². The van der Waals surface area contributed by atoms with Crippen LogP contribution in [0.1, 0.15) is 6.92 Å². The molecule has 1 heterocycles. The number of thioether (sulfide) groups is 1. The number of para-hydroxylation sites is 2. The molecule has 2 rings (SSSR count). The third-order valence-corrected chi connectivity index (χ3v) is 4.41. The fourth-order valence-corrected chi connectivity index (χ4v) is 3.23. The lowest BCUT2D eigenvalue weighted by Gasteiger charge is -2.31. The van der Waals surface area contributed by atoms with Gasteiger partial charge < -0.3 is 10.2 Å². The topological polar surface area (TPSA) is 52.7 Å². The Morgan fingerprint density at radius 1 is 1.43 bits per heavy atom. The van der Waals surface area contributed by atoms with Crippen LogP contribution in [0.15, 0.2) is 24.3 Å². The highest BCUT2D eigenvalue weighted by Gasteiger charge is 2.29. The van der Waals surface area contributed by atoms with Gasteiger partial charge in [-0.3, -0.25) is 14.5 Å². The average molecular weight is 307 g/mol. The fraction of sp³-hybridized carbons (Fsp3) is 0.467. The van der Waals surface area contributed by atoms with E-state index in [4.69, 9.17) is 0 Å². The maximum absolute atomic E-state index is 12.6. The number of fused-ring (bicyclic) bond motifs is 1. The van der Waals surface area contributed by atoms with Crippen molar-refractivity contribution in [1.29, 1.82) is 0 Å². The van der Waals surface area contributed by atoms with Crippen molar-refractivity contribution in [1.82, 2.24) is 4.90 Å². The fourth-order valence-electron chi connectivity index (χ4n) is 2.13. The third kappa shape index (κ3) is 3.98. The molecule has 0 spiro atoms. The molecule has 0 unspecified atom stereocenters. The molecule has 1 aliphatic rings. The summed E-state index contributed by atoms with van der Waals surface area (Å²) in [7, 11) is 4.02. The minimum absolute atomic E-state index is 0.0129. The third-order valence-electron chi connectivity index (χ3n) is 3.29. The van der Waals surface area contributed by atoms with Crippen molar-refractivity contribution in [3.8, 4) is 0 Å². The number of benzene rings is 1. The SMILES string of the molecule is C[C@@H](SCCN(C)C)C(=O)N1CC(=O)Nc2ccccc21. The first kappa shape index (κ1) is 15.9. The molecule has 0 fully saturated rings. The zero-order valence-corrected chi connectivity index (χ0v) is 13.4. The summed E-state index contributed by atoms with van der Waals surface area (Å²) in [6.45, 7) is 2.92. The largest absolute Gasteiger partial charge is 0.323 e. The van der Waals surface area contributed by atoms with E-state index in [1.165, 1.54) is 0 Å². The molecular formula is C15H21N3O2S. The first-order chi connectivity index (χ1) is 9.99. The summed E-state index contributed by atoms with van der Waals surface area (Å²) in [6.07, 6.45) is 0. The van der Waals surface area contributed by atoms with E-state index in [0.29, 0.717) is 5.69 Å². The van der Waals surface area contributed by atoms with Crippen LogP contribution < -0.4 is 10.2 Å². The number of nitrogens with zero attached hydrogens (tertiary/aromatic N) is 2. The van der Waals surface area contributed by atoms with Crippen LogP contribution in [0, 0.1) is 0 Å². The van der Waals surface area contributed by atoms with Gasteiger partial charge in [0.05, 0.1) is 16.6 Å². The molecule has 0 radical (unpaired) electrons. The van der Waals surface area contributed by atoms with Gasteiger partial charge in [0.1, 0.15) is 6.54 Å². The highest BCUT2D eigenvalue weighted by Crippen LogP contribution is 2.30. The van der Waals surface area contributed by atoms with Crippen molar-refractivity contribution >= 4 is 35.0 Å². The van der Waals surface area contributed by atoms with Crippen LogP contribution in [-0.2, 0) is 9.59 Å². The molecule has 5 nitrogen and oxygen atoms in total. The zero-order valence-electron chi connectivity index (χ0n) is 12.6. The Bertz CT molecular complexity index is 533. The Kier molecular flexibility index (Phi) is 5.25. The summed E-state index contributed by atoms with van der Waals surface area (Å²) in [5.74, 6) is 0.732. The monoisotopic (exact) mass is 307 g/mol. The number of hydrogen-bond donors (Lipinski definition) is 1. The maximum Gasteiger partial charge on any atom is 0.244 e. The predicted molar refractivity (Wildman–Crippen MR) is 87.9 cm³/mol. The van der Waals surface area contributed by atoms with E-state index >= 15 is 0 Å². The molecule has 114 valence electrons. The predicted octanol–water partition coefficient (Wildman–Crippen LogP) is 1.65. The van der Waals surface area contributed by atoms with Crippen molar-refractivity contribution in [2.75, 3.05) is 43.2 Å². The molecule has 1 aliphatic heterocycles. The lowest BCUT2D eigenvalue weighted by atomic mass is 10.2. The first-order valence-corrected chi connectivity index (χ1v) is 8.00. The van der Waals surface area contributed by atoms with E-state index < -0.39 is 0 Å². The summed E-state index contributed by atoms with van der Waals surface area (Å²) < 4.78 is 0. The molecule has 0 saturated heterocycles. The minimum Gasteiger partial charge on any atom is -0.323 e. The van der Waals surface area contributed by atoms with E-state index in [0.717, 1.165) is 18.0 Å². The number of rotatable bonds is 5. The van der Waals surface area contributed by atoms with Crippen molar-refractivity contribution in [2.45, 2.75) is 12.2 Å². The van der Waals surface area contributed by atoms with Crippen LogP contribution in [0.2, 0.25) is 0 Å². The summed E-state index contributed by atoms with van der Waals surface area (Å²) in [5.41, 5.74) is 1.48. The lowest BCUT2D eigenvalue weighted by Crippen LogP contribution is -2.45. The Morgan fingerprint density at radius 2 is 2.14 bits per heavy atom. The molecule has 6 heteroatoms. The zero-order chi connectivity index (χ0) is 15.4. The van der Waals surface area contributed by atoms with Crippen LogP contribution in [0.3, 0.4) is 0 Å². The molecule has 1 N–H and O–H groups in total. The second kappa shape index (κ2) is 6.95. The smallest absolute Gasteiger partial charge is 0.244 e. The second-order valence-electron chi connectivity index (χ2n) is 5.31. The minimum atomic E-state index is -0.163. The quantitative estimate of drug-likeness (QED) is 0.899. The van der Waals surface area contributed by atoms with Gasteiger partial charge in [-0.15, -0.1) is 11.8 Å². The van der Waals surface area contributed by atoms with Crippen LogP contribution in [-0.4, -0.2) is 54.9 Å². The summed E-state index contributed by atoms with van der Waals surface area (Å²) in [6, 6.07) is 7.41. The summed E-state index contributed by atoms with van der Waals surface area (Å²) in [5, 5.41) is 2.63. The van der Waals surface area contributed by atoms with Crippen LogP contribution in [0.4, 0.5) is 11.4 Å². The van der Waals surface area contributed by atoms with Gasteiger partial charge >= 0.3 is 0 Å². The average Bonchev–Trinajstić information content (AvgIpc) is 2.45. The van der Waals surface area contributed by atoms with E-state index in [9.17, 15) is 9.59 Å². The van der Waals surface area contributed by atoms with Gasteiger partial charge in [0, 0.05) is 12.3 Å². The molecule has 0 aromatic heterocycles. The Labute approximate surface area is 129 Å².